The molecule has 0 aliphatic carbocycles. The molecule has 0 heteroatoms. The topological polar surface area (TPSA) is 0 Å². The zero-order chi connectivity index (χ0) is 9.40. The Morgan fingerprint density at radius 2 is 1.17 bits per heavy atom. The van der Waals surface area contributed by atoms with Gasteiger partial charge in [0, 0.05) is 11.1 Å². The molecular weight excluding hydrogens is 144 g/mol. The van der Waals surface area contributed by atoms with E-state index in [1.54, 1.807) is 0 Å². The Hall–Kier alpha value is -1.40. The number of rotatable bonds is 1. The van der Waals surface area contributed by atoms with Gasteiger partial charge in [-0.3, -0.25) is 0 Å². The van der Waals surface area contributed by atoms with Gasteiger partial charge >= 0.3 is 0 Å². The fourth-order valence-corrected chi connectivity index (χ4v) is 0.859. The molecule has 0 saturated heterocycles. The SMILES string of the molecule is CC#CC(=CC)C(C#CC)=CC. The average Bonchev–Trinajstić information content (AvgIpc) is 2.11. The molecule has 0 aliphatic heterocycles. The summed E-state index contributed by atoms with van der Waals surface area (Å²) in [7, 11) is 0. The van der Waals surface area contributed by atoms with Crippen LogP contribution in [0, 0.1) is 23.7 Å². The predicted molar refractivity (Wildman–Crippen MR) is 54.4 cm³/mol. The molecule has 0 amide bonds. The van der Waals surface area contributed by atoms with Crippen molar-refractivity contribution in [2.45, 2.75) is 27.7 Å². The van der Waals surface area contributed by atoms with Crippen LogP contribution in [0.3, 0.4) is 0 Å². The monoisotopic (exact) mass is 158 g/mol. The van der Waals surface area contributed by atoms with E-state index in [-0.39, 0.29) is 0 Å². The van der Waals surface area contributed by atoms with Gasteiger partial charge in [-0.2, -0.15) is 0 Å². The smallest absolute Gasteiger partial charge is 0.0355 e. The van der Waals surface area contributed by atoms with Crippen LogP contribution in [0.2, 0.25) is 0 Å². The number of hydrogen-bond donors (Lipinski definition) is 0. The van der Waals surface area contributed by atoms with Crippen molar-refractivity contribution in [1.82, 2.24) is 0 Å². The van der Waals surface area contributed by atoms with Gasteiger partial charge in [-0.1, -0.05) is 24.0 Å². The van der Waals surface area contributed by atoms with Gasteiger partial charge in [0.15, 0.2) is 0 Å². The molecule has 0 spiro atoms. The summed E-state index contributed by atoms with van der Waals surface area (Å²) in [5.41, 5.74) is 2.02. The van der Waals surface area contributed by atoms with Crippen LogP contribution < -0.4 is 0 Å². The zero-order valence-corrected chi connectivity index (χ0v) is 8.15. The third kappa shape index (κ3) is 3.13. The van der Waals surface area contributed by atoms with Crippen molar-refractivity contribution in [3.8, 4) is 23.7 Å². The molecule has 0 unspecified atom stereocenters. The predicted octanol–water partition coefficient (Wildman–Crippen LogP) is 2.93. The molecule has 0 N–H and O–H groups in total. The molecule has 0 aromatic rings. The van der Waals surface area contributed by atoms with Crippen molar-refractivity contribution in [1.29, 1.82) is 0 Å². The van der Waals surface area contributed by atoms with Gasteiger partial charge < -0.3 is 0 Å². The van der Waals surface area contributed by atoms with Crippen LogP contribution in [-0.2, 0) is 0 Å². The third-order valence-electron chi connectivity index (χ3n) is 1.39. The molecule has 0 rings (SSSR count). The molecule has 0 nitrogen and oxygen atoms in total. The van der Waals surface area contributed by atoms with E-state index in [4.69, 9.17) is 0 Å². The maximum Gasteiger partial charge on any atom is 0.0355 e. The van der Waals surface area contributed by atoms with Crippen LogP contribution in [0.5, 0.6) is 0 Å². The van der Waals surface area contributed by atoms with E-state index in [9.17, 15) is 0 Å². The summed E-state index contributed by atoms with van der Waals surface area (Å²) < 4.78 is 0. The summed E-state index contributed by atoms with van der Waals surface area (Å²) in [6.45, 7) is 7.60. The van der Waals surface area contributed by atoms with E-state index in [1.165, 1.54) is 0 Å². The van der Waals surface area contributed by atoms with Crippen LogP contribution in [0.15, 0.2) is 23.3 Å². The maximum absolute atomic E-state index is 3.01. The second-order valence-corrected chi connectivity index (χ2v) is 2.15. The summed E-state index contributed by atoms with van der Waals surface area (Å²) in [6.07, 6.45) is 3.96. The number of hydrogen-bond acceptors (Lipinski definition) is 0. The lowest BCUT2D eigenvalue weighted by Crippen LogP contribution is -1.82. The first-order valence-electron chi connectivity index (χ1n) is 3.98. The third-order valence-corrected chi connectivity index (χ3v) is 1.39. The van der Waals surface area contributed by atoms with Crippen LogP contribution >= 0.6 is 0 Å². The first-order valence-corrected chi connectivity index (χ1v) is 3.98. The molecule has 0 heterocycles. The molecule has 0 aliphatic rings. The zero-order valence-electron chi connectivity index (χ0n) is 8.15. The Balaban J connectivity index is 4.89. The first kappa shape index (κ1) is 10.6. The van der Waals surface area contributed by atoms with Crippen molar-refractivity contribution in [3.05, 3.63) is 23.3 Å². The standard InChI is InChI=1S/C12H14/c1-5-9-11(7-3)12(8-4)10-6-2/h7-8H,1-4H3. The Labute approximate surface area is 75.4 Å². The lowest BCUT2D eigenvalue weighted by atomic mass is 10.1. The van der Waals surface area contributed by atoms with E-state index in [1.807, 2.05) is 39.8 Å². The van der Waals surface area contributed by atoms with Gasteiger partial charge in [0.05, 0.1) is 0 Å². The minimum Gasteiger partial charge on any atom is -0.101 e. The van der Waals surface area contributed by atoms with Crippen molar-refractivity contribution in [3.63, 3.8) is 0 Å². The molecule has 0 saturated carbocycles. The van der Waals surface area contributed by atoms with E-state index < -0.39 is 0 Å². The highest BCUT2D eigenvalue weighted by Crippen LogP contribution is 2.06. The molecule has 0 bridgehead atoms. The summed E-state index contributed by atoms with van der Waals surface area (Å²) in [5, 5.41) is 0. The molecule has 62 valence electrons. The highest BCUT2D eigenvalue weighted by atomic mass is 14.0. The average molecular weight is 158 g/mol. The molecule has 0 fully saturated rings. The largest absolute Gasteiger partial charge is 0.101 e. The van der Waals surface area contributed by atoms with Crippen LogP contribution in [0.4, 0.5) is 0 Å². The van der Waals surface area contributed by atoms with Crippen molar-refractivity contribution >= 4 is 0 Å². The van der Waals surface area contributed by atoms with Gasteiger partial charge in [-0.05, 0) is 27.7 Å². The summed E-state index contributed by atoms with van der Waals surface area (Å²) in [4.78, 5) is 0. The van der Waals surface area contributed by atoms with Crippen molar-refractivity contribution < 1.29 is 0 Å². The highest BCUT2D eigenvalue weighted by molar-refractivity contribution is 5.53. The van der Waals surface area contributed by atoms with Gasteiger partial charge in [-0.15, -0.1) is 11.8 Å². The molecule has 0 aromatic carbocycles. The van der Waals surface area contributed by atoms with E-state index in [2.05, 4.69) is 23.7 Å². The highest BCUT2D eigenvalue weighted by Gasteiger charge is 1.94. The second kappa shape index (κ2) is 6.32. The van der Waals surface area contributed by atoms with Crippen LogP contribution in [0.1, 0.15) is 27.7 Å². The normalized spacial score (nSPS) is 11.0. The minimum atomic E-state index is 1.01. The van der Waals surface area contributed by atoms with E-state index in [0.717, 1.165) is 11.1 Å². The van der Waals surface area contributed by atoms with Gasteiger partial charge in [-0.25, -0.2) is 0 Å². The quantitative estimate of drug-likeness (QED) is 0.406. The lowest BCUT2D eigenvalue weighted by Gasteiger charge is -1.95. The molecule has 0 radical (unpaired) electrons. The number of allylic oxidation sites excluding steroid dienone is 4. The Kier molecular flexibility index (Phi) is 5.58. The molecule has 0 atom stereocenters. The first-order chi connectivity index (χ1) is 5.79. The fourth-order valence-electron chi connectivity index (χ4n) is 0.859. The van der Waals surface area contributed by atoms with Crippen molar-refractivity contribution in [2.75, 3.05) is 0 Å². The summed E-state index contributed by atoms with van der Waals surface area (Å²) in [6, 6.07) is 0. The molecule has 12 heavy (non-hydrogen) atoms. The van der Waals surface area contributed by atoms with Gasteiger partial charge in [0.25, 0.3) is 0 Å². The van der Waals surface area contributed by atoms with E-state index in [0.29, 0.717) is 0 Å². The second-order valence-electron chi connectivity index (χ2n) is 2.15. The Morgan fingerprint density at radius 1 is 0.833 bits per heavy atom. The van der Waals surface area contributed by atoms with Gasteiger partial charge in [0.2, 0.25) is 0 Å². The molecular formula is C12H14. The Morgan fingerprint density at radius 3 is 1.33 bits per heavy atom. The van der Waals surface area contributed by atoms with E-state index >= 15 is 0 Å². The van der Waals surface area contributed by atoms with Crippen LogP contribution in [0.25, 0.3) is 0 Å². The van der Waals surface area contributed by atoms with Crippen molar-refractivity contribution in [2.24, 2.45) is 0 Å². The molecule has 0 aromatic heterocycles. The van der Waals surface area contributed by atoms with Crippen LogP contribution in [-0.4, -0.2) is 0 Å². The summed E-state index contributed by atoms with van der Waals surface area (Å²) in [5.74, 6) is 11.7. The minimum absolute atomic E-state index is 1.01. The summed E-state index contributed by atoms with van der Waals surface area (Å²) >= 11 is 0. The lowest BCUT2D eigenvalue weighted by molar-refractivity contribution is 1.52. The maximum atomic E-state index is 3.01. The Bertz CT molecular complexity index is 271. The fraction of sp³-hybridized carbons (Fsp3) is 0.333. The van der Waals surface area contributed by atoms with Gasteiger partial charge in [0.1, 0.15) is 0 Å².